The van der Waals surface area contributed by atoms with E-state index in [1.807, 2.05) is 42.5 Å². The molecule has 0 atom stereocenters. The van der Waals surface area contributed by atoms with E-state index in [1.54, 1.807) is 18.2 Å². The van der Waals surface area contributed by atoms with Gasteiger partial charge in [0, 0.05) is 12.0 Å². The molecule has 0 fully saturated rings. The number of unbranched alkanes of at least 4 members (excludes halogenated alkanes) is 1. The molecule has 0 aliphatic heterocycles. The van der Waals surface area contributed by atoms with Gasteiger partial charge in [-0.1, -0.05) is 55.8 Å². The molecule has 0 bridgehead atoms. The second-order valence-electron chi connectivity index (χ2n) is 7.34. The van der Waals surface area contributed by atoms with Gasteiger partial charge < -0.3 is 14.8 Å². The summed E-state index contributed by atoms with van der Waals surface area (Å²) in [7, 11) is 0. The van der Waals surface area contributed by atoms with Crippen LogP contribution in [0.4, 0.5) is 5.69 Å². The van der Waals surface area contributed by atoms with Crippen molar-refractivity contribution >= 4 is 44.9 Å². The van der Waals surface area contributed by atoms with Crippen LogP contribution >= 0.6 is 28.1 Å². The van der Waals surface area contributed by atoms with Gasteiger partial charge in [0.1, 0.15) is 11.5 Å². The van der Waals surface area contributed by atoms with Gasteiger partial charge in [-0.15, -0.1) is 0 Å². The average molecular weight is 527 g/mol. The fraction of sp³-hybridized carbons (Fsp3) is 0.231. The smallest absolute Gasteiger partial charge is 0.257 e. The molecule has 2 N–H and O–H groups in total. The molecule has 172 valence electrons. The van der Waals surface area contributed by atoms with E-state index in [0.717, 1.165) is 19.3 Å². The summed E-state index contributed by atoms with van der Waals surface area (Å²) in [6.45, 7) is 3.28. The Morgan fingerprint density at radius 2 is 1.67 bits per heavy atom. The SMILES string of the molecule is CCCCOc1ccccc1NC(=S)NC(=O)c1ccc(OCCc2ccccc2)c(Br)c1. The largest absolute Gasteiger partial charge is 0.492 e. The minimum absolute atomic E-state index is 0.200. The highest BCUT2D eigenvalue weighted by atomic mass is 79.9. The molecular weight excluding hydrogens is 500 g/mol. The van der Waals surface area contributed by atoms with Gasteiger partial charge in [0.05, 0.1) is 23.4 Å². The van der Waals surface area contributed by atoms with Gasteiger partial charge in [0.2, 0.25) is 0 Å². The fourth-order valence-electron chi connectivity index (χ4n) is 3.03. The van der Waals surface area contributed by atoms with Gasteiger partial charge in [-0.05, 0) is 70.5 Å². The van der Waals surface area contributed by atoms with E-state index in [4.69, 9.17) is 21.7 Å². The van der Waals surface area contributed by atoms with Crippen LogP contribution in [-0.4, -0.2) is 24.2 Å². The molecule has 0 radical (unpaired) electrons. The molecular formula is C26H27BrN2O3S. The highest BCUT2D eigenvalue weighted by Gasteiger charge is 2.12. The number of rotatable bonds is 10. The van der Waals surface area contributed by atoms with Gasteiger partial charge in [0.15, 0.2) is 5.11 Å². The maximum absolute atomic E-state index is 12.7. The summed E-state index contributed by atoms with van der Waals surface area (Å²) in [6.07, 6.45) is 2.83. The maximum Gasteiger partial charge on any atom is 0.257 e. The number of carbonyl (C=O) groups is 1. The Morgan fingerprint density at radius 3 is 2.42 bits per heavy atom. The van der Waals surface area contributed by atoms with Crippen LogP contribution in [0.15, 0.2) is 77.3 Å². The minimum atomic E-state index is -0.312. The predicted molar refractivity (Wildman–Crippen MR) is 140 cm³/mol. The van der Waals surface area contributed by atoms with E-state index in [9.17, 15) is 4.79 Å². The van der Waals surface area contributed by atoms with Crippen LogP contribution in [-0.2, 0) is 6.42 Å². The highest BCUT2D eigenvalue weighted by molar-refractivity contribution is 9.10. The lowest BCUT2D eigenvalue weighted by molar-refractivity contribution is 0.0977. The Kier molecular flexibility index (Phi) is 9.72. The lowest BCUT2D eigenvalue weighted by Gasteiger charge is -2.14. The molecule has 0 aliphatic carbocycles. The molecule has 5 nitrogen and oxygen atoms in total. The van der Waals surface area contributed by atoms with Crippen LogP contribution in [0.2, 0.25) is 0 Å². The number of hydrogen-bond acceptors (Lipinski definition) is 4. The number of benzene rings is 3. The molecule has 0 aromatic heterocycles. The summed E-state index contributed by atoms with van der Waals surface area (Å²) >= 11 is 8.83. The summed E-state index contributed by atoms with van der Waals surface area (Å²) < 4.78 is 12.4. The molecule has 3 rings (SSSR count). The van der Waals surface area contributed by atoms with Crippen LogP contribution < -0.4 is 20.1 Å². The Morgan fingerprint density at radius 1 is 0.939 bits per heavy atom. The molecule has 0 aliphatic rings. The Balaban J connectivity index is 1.53. The van der Waals surface area contributed by atoms with Crippen molar-refractivity contribution in [3.05, 3.63) is 88.4 Å². The molecule has 0 saturated carbocycles. The van der Waals surface area contributed by atoms with Gasteiger partial charge in [-0.2, -0.15) is 0 Å². The fourth-order valence-corrected chi connectivity index (χ4v) is 3.73. The number of ether oxygens (including phenoxy) is 2. The minimum Gasteiger partial charge on any atom is -0.492 e. The summed E-state index contributed by atoms with van der Waals surface area (Å²) in [5.41, 5.74) is 2.39. The molecule has 3 aromatic rings. The van der Waals surface area contributed by atoms with Gasteiger partial charge in [-0.25, -0.2) is 0 Å². The number of hydrogen-bond donors (Lipinski definition) is 2. The zero-order valence-electron chi connectivity index (χ0n) is 18.5. The molecule has 0 unspecified atom stereocenters. The summed E-state index contributed by atoms with van der Waals surface area (Å²) in [6, 6.07) is 22.9. The molecule has 3 aromatic carbocycles. The Labute approximate surface area is 208 Å². The standard InChI is InChI=1S/C26H27BrN2O3S/c1-2-3-16-31-24-12-8-7-11-22(24)28-26(33)29-25(30)20-13-14-23(21(27)18-20)32-17-15-19-9-5-4-6-10-19/h4-14,18H,2-3,15-17H2,1H3,(H2,28,29,30,33). The quantitative estimate of drug-likeness (QED) is 0.237. The first-order valence-corrected chi connectivity index (χ1v) is 12.1. The molecule has 7 heteroatoms. The first kappa shape index (κ1) is 24.7. The maximum atomic E-state index is 12.7. The molecule has 0 spiro atoms. The van der Waals surface area contributed by atoms with Gasteiger partial charge >= 0.3 is 0 Å². The number of carbonyl (C=O) groups excluding carboxylic acids is 1. The van der Waals surface area contributed by atoms with Crippen LogP contribution in [0.5, 0.6) is 11.5 Å². The summed E-state index contributed by atoms with van der Waals surface area (Å²) in [4.78, 5) is 12.7. The first-order valence-electron chi connectivity index (χ1n) is 10.9. The second kappa shape index (κ2) is 13.0. The van der Waals surface area contributed by atoms with E-state index in [2.05, 4.69) is 45.6 Å². The monoisotopic (exact) mass is 526 g/mol. The van der Waals surface area contributed by atoms with E-state index >= 15 is 0 Å². The third-order valence-corrected chi connectivity index (χ3v) is 5.63. The van der Waals surface area contributed by atoms with Crippen molar-refractivity contribution in [1.82, 2.24) is 5.32 Å². The van der Waals surface area contributed by atoms with Crippen molar-refractivity contribution in [1.29, 1.82) is 0 Å². The third kappa shape index (κ3) is 7.87. The van der Waals surface area contributed by atoms with Gasteiger partial charge in [-0.3, -0.25) is 10.1 Å². The number of amides is 1. The number of halogens is 1. The number of anilines is 1. The van der Waals surface area contributed by atoms with Crippen molar-refractivity contribution < 1.29 is 14.3 Å². The van der Waals surface area contributed by atoms with Crippen LogP contribution in [0.1, 0.15) is 35.7 Å². The molecule has 33 heavy (non-hydrogen) atoms. The van der Waals surface area contributed by atoms with Crippen LogP contribution in [0.25, 0.3) is 0 Å². The average Bonchev–Trinajstić information content (AvgIpc) is 2.82. The lowest BCUT2D eigenvalue weighted by atomic mass is 10.2. The van der Waals surface area contributed by atoms with E-state index in [-0.39, 0.29) is 11.0 Å². The summed E-state index contributed by atoms with van der Waals surface area (Å²) in [5.74, 6) is 1.07. The number of para-hydroxylation sites is 2. The van der Waals surface area contributed by atoms with Crippen molar-refractivity contribution in [3.63, 3.8) is 0 Å². The Bertz CT molecular complexity index is 1080. The van der Waals surface area contributed by atoms with E-state index < -0.39 is 0 Å². The van der Waals surface area contributed by atoms with Crippen LogP contribution in [0.3, 0.4) is 0 Å². The van der Waals surface area contributed by atoms with Crippen LogP contribution in [0, 0.1) is 0 Å². The number of thiocarbonyl (C=S) groups is 1. The lowest BCUT2D eigenvalue weighted by Crippen LogP contribution is -2.34. The molecule has 0 saturated heterocycles. The molecule has 0 heterocycles. The highest BCUT2D eigenvalue weighted by Crippen LogP contribution is 2.27. The van der Waals surface area contributed by atoms with Crippen molar-refractivity contribution in [2.45, 2.75) is 26.2 Å². The normalized spacial score (nSPS) is 10.4. The zero-order chi connectivity index (χ0) is 23.5. The first-order chi connectivity index (χ1) is 16.1. The Hall–Kier alpha value is -2.90. The van der Waals surface area contributed by atoms with Crippen molar-refractivity contribution in [2.75, 3.05) is 18.5 Å². The zero-order valence-corrected chi connectivity index (χ0v) is 20.9. The third-order valence-electron chi connectivity index (χ3n) is 4.80. The topological polar surface area (TPSA) is 59.6 Å². The molecule has 1 amide bonds. The second-order valence-corrected chi connectivity index (χ2v) is 8.60. The van der Waals surface area contributed by atoms with Crippen molar-refractivity contribution in [3.8, 4) is 11.5 Å². The van der Waals surface area contributed by atoms with E-state index in [0.29, 0.717) is 40.4 Å². The number of nitrogens with one attached hydrogen (secondary N) is 2. The van der Waals surface area contributed by atoms with Crippen molar-refractivity contribution in [2.24, 2.45) is 0 Å². The van der Waals surface area contributed by atoms with E-state index in [1.165, 1.54) is 5.56 Å². The predicted octanol–water partition coefficient (Wildman–Crippen LogP) is 6.38. The summed E-state index contributed by atoms with van der Waals surface area (Å²) in [5, 5.41) is 5.96. The van der Waals surface area contributed by atoms with Gasteiger partial charge in [0.25, 0.3) is 5.91 Å².